The van der Waals surface area contributed by atoms with E-state index in [9.17, 15) is 22.0 Å². The summed E-state index contributed by atoms with van der Waals surface area (Å²) in [5.74, 6) is 0.119. The number of nitrogens with zero attached hydrogens (tertiary/aromatic N) is 1. The molecule has 0 radical (unpaired) electrons. The predicted octanol–water partition coefficient (Wildman–Crippen LogP) is 3.87. The minimum Gasteiger partial charge on any atom is -0.497 e. The zero-order valence-corrected chi connectivity index (χ0v) is 18.5. The number of likely N-dealkylation sites (N-methyl/N-ethyl adjacent to an activating group) is 1. The van der Waals surface area contributed by atoms with Crippen LogP contribution in [0, 0.1) is 0 Å². The Balaban J connectivity index is 1.75. The largest absolute Gasteiger partial charge is 0.497 e. The molecule has 1 aliphatic carbocycles. The number of ether oxygens (including phenoxy) is 2. The average Bonchev–Trinajstić information content (AvgIpc) is 2.76. The Morgan fingerprint density at radius 2 is 1.94 bits per heavy atom. The third kappa shape index (κ3) is 5.63. The Morgan fingerprint density at radius 3 is 2.62 bits per heavy atom. The number of methoxy groups -OCH3 is 1. The van der Waals surface area contributed by atoms with Gasteiger partial charge in [-0.1, -0.05) is 19.1 Å². The molecule has 0 unspecified atom stereocenters. The molecule has 0 spiro atoms. The molecule has 0 bridgehead atoms. The van der Waals surface area contributed by atoms with E-state index in [0.29, 0.717) is 23.4 Å². The lowest BCUT2D eigenvalue weighted by atomic mass is 9.97. The number of allylic oxidation sites excluding steroid dienone is 1. The first-order valence-electron chi connectivity index (χ1n) is 9.95. The lowest BCUT2D eigenvalue weighted by Gasteiger charge is -2.24. The Bertz CT molecular complexity index is 1120. The third-order valence-corrected chi connectivity index (χ3v) is 7.05. The van der Waals surface area contributed by atoms with Crippen LogP contribution in [0.25, 0.3) is 6.08 Å². The van der Waals surface area contributed by atoms with Gasteiger partial charge in [0, 0.05) is 18.3 Å². The van der Waals surface area contributed by atoms with Crippen LogP contribution in [0.5, 0.6) is 11.5 Å². The van der Waals surface area contributed by atoms with E-state index in [1.54, 1.807) is 37.3 Å². The van der Waals surface area contributed by atoms with Crippen molar-refractivity contribution in [2.75, 3.05) is 25.5 Å². The summed E-state index contributed by atoms with van der Waals surface area (Å²) in [5, 5.41) is 2.67. The molecule has 172 valence electrons. The first kappa shape index (κ1) is 23.7. The molecule has 0 saturated carbocycles. The summed E-state index contributed by atoms with van der Waals surface area (Å²) in [6.45, 7) is -1.51. The minimum absolute atomic E-state index is 0.0304. The molecule has 7 nitrogen and oxygen atoms in total. The molecular formula is C22H24F2N2O5S. The van der Waals surface area contributed by atoms with Crippen molar-refractivity contribution < 1.29 is 31.5 Å². The predicted molar refractivity (Wildman–Crippen MR) is 117 cm³/mol. The summed E-state index contributed by atoms with van der Waals surface area (Å²) < 4.78 is 61.8. The summed E-state index contributed by atoms with van der Waals surface area (Å²) in [6, 6.07) is 11.2. The maximum Gasteiger partial charge on any atom is 0.387 e. The molecule has 0 aliphatic heterocycles. The van der Waals surface area contributed by atoms with Crippen molar-refractivity contribution in [3.05, 3.63) is 58.5 Å². The molecule has 1 N–H and O–H groups in total. The number of hydrogen-bond donors (Lipinski definition) is 1. The Labute approximate surface area is 185 Å². The first-order valence-corrected chi connectivity index (χ1v) is 11.4. The number of alkyl halides is 2. The second kappa shape index (κ2) is 10.1. The van der Waals surface area contributed by atoms with Crippen molar-refractivity contribution in [3.63, 3.8) is 0 Å². The van der Waals surface area contributed by atoms with Crippen LogP contribution < -0.4 is 14.8 Å². The van der Waals surface area contributed by atoms with Crippen LogP contribution in [0.2, 0.25) is 0 Å². The van der Waals surface area contributed by atoms with Gasteiger partial charge in [-0.3, -0.25) is 4.79 Å². The van der Waals surface area contributed by atoms with Crippen LogP contribution in [-0.2, 0) is 21.2 Å². The topological polar surface area (TPSA) is 84.9 Å². The SMILES string of the molecule is CCN(CC(=O)Nc1cccc(OC)c1)S(=O)(=O)C1=Cc2ccc(OC(F)F)cc2CC1. The summed E-state index contributed by atoms with van der Waals surface area (Å²) >= 11 is 0. The first-order chi connectivity index (χ1) is 15.2. The monoisotopic (exact) mass is 466 g/mol. The fourth-order valence-electron chi connectivity index (χ4n) is 3.42. The van der Waals surface area contributed by atoms with Gasteiger partial charge in [0.05, 0.1) is 18.6 Å². The van der Waals surface area contributed by atoms with Crippen molar-refractivity contribution >= 4 is 27.7 Å². The molecule has 1 amide bonds. The van der Waals surface area contributed by atoms with Gasteiger partial charge in [0.1, 0.15) is 11.5 Å². The number of hydrogen-bond acceptors (Lipinski definition) is 5. The van der Waals surface area contributed by atoms with E-state index in [1.807, 2.05) is 0 Å². The highest BCUT2D eigenvalue weighted by molar-refractivity contribution is 7.93. The van der Waals surface area contributed by atoms with Crippen molar-refractivity contribution in [1.29, 1.82) is 0 Å². The number of halogens is 2. The molecule has 0 fully saturated rings. The van der Waals surface area contributed by atoms with Gasteiger partial charge in [-0.25, -0.2) is 8.42 Å². The van der Waals surface area contributed by atoms with Crippen LogP contribution in [0.1, 0.15) is 24.5 Å². The summed E-state index contributed by atoms with van der Waals surface area (Å²) in [4.78, 5) is 12.7. The van der Waals surface area contributed by atoms with Gasteiger partial charge in [0.2, 0.25) is 15.9 Å². The van der Waals surface area contributed by atoms with Crippen molar-refractivity contribution in [2.24, 2.45) is 0 Å². The molecule has 10 heteroatoms. The van der Waals surface area contributed by atoms with Crippen LogP contribution in [-0.4, -0.2) is 45.4 Å². The number of rotatable bonds is 9. The highest BCUT2D eigenvalue weighted by Gasteiger charge is 2.29. The van der Waals surface area contributed by atoms with E-state index >= 15 is 0 Å². The molecule has 2 aromatic carbocycles. The zero-order valence-electron chi connectivity index (χ0n) is 17.7. The number of benzene rings is 2. The molecule has 0 aromatic heterocycles. The van der Waals surface area contributed by atoms with Crippen molar-refractivity contribution in [3.8, 4) is 11.5 Å². The van der Waals surface area contributed by atoms with E-state index < -0.39 is 22.5 Å². The van der Waals surface area contributed by atoms with E-state index in [1.165, 1.54) is 25.3 Å². The molecule has 0 heterocycles. The van der Waals surface area contributed by atoms with Crippen molar-refractivity contribution in [1.82, 2.24) is 4.31 Å². The van der Waals surface area contributed by atoms with Crippen LogP contribution >= 0.6 is 0 Å². The lowest BCUT2D eigenvalue weighted by molar-refractivity contribution is -0.116. The Hall–Kier alpha value is -2.98. The second-order valence-corrected chi connectivity index (χ2v) is 9.05. The quantitative estimate of drug-likeness (QED) is 0.607. The fraction of sp³-hybridized carbons (Fsp3) is 0.318. The minimum atomic E-state index is -3.89. The number of anilines is 1. The van der Waals surface area contributed by atoms with Crippen LogP contribution in [0.3, 0.4) is 0 Å². The zero-order chi connectivity index (χ0) is 23.3. The number of carbonyl (C=O) groups is 1. The number of nitrogens with one attached hydrogen (secondary N) is 1. The van der Waals surface area contributed by atoms with Crippen LogP contribution in [0.4, 0.5) is 14.5 Å². The Morgan fingerprint density at radius 1 is 1.16 bits per heavy atom. The molecular weight excluding hydrogens is 442 g/mol. The van der Waals surface area contributed by atoms with Gasteiger partial charge in [-0.15, -0.1) is 0 Å². The molecule has 0 atom stereocenters. The lowest BCUT2D eigenvalue weighted by Crippen LogP contribution is -2.38. The van der Waals surface area contributed by atoms with Gasteiger partial charge >= 0.3 is 6.61 Å². The number of amides is 1. The van der Waals surface area contributed by atoms with Gasteiger partial charge in [-0.05, 0) is 54.3 Å². The molecule has 3 rings (SSSR count). The maximum absolute atomic E-state index is 13.2. The second-order valence-electron chi connectivity index (χ2n) is 7.06. The number of aryl methyl sites for hydroxylation is 1. The van der Waals surface area contributed by atoms with E-state index in [-0.39, 0.29) is 30.2 Å². The Kier molecular flexibility index (Phi) is 7.47. The van der Waals surface area contributed by atoms with Crippen LogP contribution in [0.15, 0.2) is 47.4 Å². The number of sulfonamides is 1. The summed E-state index contributed by atoms with van der Waals surface area (Å²) in [6.07, 6.45) is 2.07. The highest BCUT2D eigenvalue weighted by atomic mass is 32.2. The average molecular weight is 467 g/mol. The summed E-state index contributed by atoms with van der Waals surface area (Å²) in [5.41, 5.74) is 1.84. The molecule has 0 saturated heterocycles. The molecule has 1 aliphatic rings. The standard InChI is InChI=1S/C22H24F2N2O5S/c1-3-26(14-21(27)25-17-5-4-6-18(13-17)30-2)32(28,29)20-10-8-15-11-19(31-22(23)24)9-7-16(15)12-20/h4-7,9,11-13,22H,3,8,10,14H2,1-2H3,(H,25,27). The summed E-state index contributed by atoms with van der Waals surface area (Å²) in [7, 11) is -2.38. The van der Waals surface area contributed by atoms with Gasteiger partial charge in [-0.2, -0.15) is 13.1 Å². The molecule has 2 aromatic rings. The smallest absolute Gasteiger partial charge is 0.387 e. The van der Waals surface area contributed by atoms with E-state index in [4.69, 9.17) is 4.74 Å². The normalized spacial score (nSPS) is 13.5. The van der Waals surface area contributed by atoms with Gasteiger partial charge in [0.25, 0.3) is 0 Å². The third-order valence-electron chi connectivity index (χ3n) is 4.99. The highest BCUT2D eigenvalue weighted by Crippen LogP contribution is 2.31. The van der Waals surface area contributed by atoms with Gasteiger partial charge < -0.3 is 14.8 Å². The number of carbonyl (C=O) groups excluding carboxylic acids is 1. The van der Waals surface area contributed by atoms with Crippen molar-refractivity contribution in [2.45, 2.75) is 26.4 Å². The van der Waals surface area contributed by atoms with E-state index in [2.05, 4.69) is 10.1 Å². The molecule has 32 heavy (non-hydrogen) atoms. The van der Waals surface area contributed by atoms with E-state index in [0.717, 1.165) is 9.87 Å². The van der Waals surface area contributed by atoms with Gasteiger partial charge in [0.15, 0.2) is 0 Å². The number of fused-ring (bicyclic) bond motifs is 1. The maximum atomic E-state index is 13.2. The fourth-order valence-corrected chi connectivity index (χ4v) is 5.01.